The van der Waals surface area contributed by atoms with Gasteiger partial charge in [0.2, 0.25) is 12.1 Å². The molecule has 0 spiro atoms. The van der Waals surface area contributed by atoms with Gasteiger partial charge in [0, 0.05) is 22.5 Å². The van der Waals surface area contributed by atoms with Crippen LogP contribution in [0.25, 0.3) is 0 Å². The number of benzene rings is 5. The molecular formula is C46H41Cl5N8O8. The molecule has 3 atom stereocenters. The standard InChI is InChI=1S/C46H41Cl5N8O8/c1-23(49)31-20-28(52-45(64)39(24(2)60)58-56-33-14-8-12-29(37(33)50)43(62)54-35-16-6-10-26(21-47)41(35)66-4)18-19-32(31)53-46(65)40(25(3)61)59-57-34-15-9-13-30(38(34)51)44(63)55-36-17-7-11-27(22-48)42(36)67-5/h6-20,23,39-40H,21-22H2,1-5H3,(H,52,64)(H,53,65)(H,54,62)(H,55,63). The van der Waals surface area contributed by atoms with Gasteiger partial charge >= 0.3 is 0 Å². The van der Waals surface area contributed by atoms with Gasteiger partial charge in [-0.1, -0.05) is 59.6 Å². The Bertz CT molecular complexity index is 2790. The summed E-state index contributed by atoms with van der Waals surface area (Å²) in [5.41, 5.74) is 2.73. The van der Waals surface area contributed by atoms with Gasteiger partial charge in [0.05, 0.1) is 63.9 Å². The average Bonchev–Trinajstić information content (AvgIpc) is 3.29. The normalized spacial score (nSPS) is 12.5. The SMILES string of the molecule is COc1c(CCl)cccc1NC(=O)c1cccc(N=NC(C(C)=O)C(=O)Nc2ccc(NC(=O)C(N=Nc3cccc(C(=O)Nc4cccc(CCl)c4OC)c3Cl)C(C)=O)c(C(C)Cl)c2)c1Cl. The summed E-state index contributed by atoms with van der Waals surface area (Å²) in [7, 11) is 2.89. The Morgan fingerprint density at radius 1 is 0.582 bits per heavy atom. The Kier molecular flexibility index (Phi) is 18.3. The minimum absolute atomic E-state index is 0.000553. The third kappa shape index (κ3) is 12.7. The summed E-state index contributed by atoms with van der Waals surface area (Å²) >= 11 is 31.7. The lowest BCUT2D eigenvalue weighted by molar-refractivity contribution is -0.127. The lowest BCUT2D eigenvalue weighted by atomic mass is 10.1. The zero-order valence-electron chi connectivity index (χ0n) is 36.3. The number of para-hydroxylation sites is 2. The highest BCUT2D eigenvalue weighted by Crippen LogP contribution is 2.36. The van der Waals surface area contributed by atoms with Crippen LogP contribution in [0.4, 0.5) is 34.1 Å². The Morgan fingerprint density at radius 3 is 1.42 bits per heavy atom. The fraction of sp³-hybridized carbons (Fsp3) is 0.217. The van der Waals surface area contributed by atoms with Gasteiger partial charge in [0.15, 0.2) is 11.6 Å². The molecule has 0 aliphatic carbocycles. The maximum absolute atomic E-state index is 13.5. The number of hydrogen-bond acceptors (Lipinski definition) is 12. The summed E-state index contributed by atoms with van der Waals surface area (Å²) in [4.78, 5) is 79.0. The van der Waals surface area contributed by atoms with Gasteiger partial charge < -0.3 is 30.7 Å². The number of nitrogens with zero attached hydrogens (tertiary/aromatic N) is 4. The highest BCUT2D eigenvalue weighted by atomic mass is 35.5. The van der Waals surface area contributed by atoms with Crippen molar-refractivity contribution in [2.45, 2.75) is 50.0 Å². The molecule has 4 N–H and O–H groups in total. The van der Waals surface area contributed by atoms with E-state index in [9.17, 15) is 28.8 Å². The van der Waals surface area contributed by atoms with E-state index in [0.29, 0.717) is 39.6 Å². The van der Waals surface area contributed by atoms with Crippen molar-refractivity contribution >= 4 is 127 Å². The second-order valence-electron chi connectivity index (χ2n) is 14.3. The number of ketones is 2. The number of carbonyl (C=O) groups is 6. The summed E-state index contributed by atoms with van der Waals surface area (Å²) in [6, 6.07) is 20.0. The molecule has 21 heteroatoms. The van der Waals surface area contributed by atoms with Gasteiger partial charge in [0.25, 0.3) is 23.6 Å². The van der Waals surface area contributed by atoms with Crippen molar-refractivity contribution in [1.29, 1.82) is 0 Å². The van der Waals surface area contributed by atoms with Crippen LogP contribution in [0.5, 0.6) is 11.5 Å². The first-order chi connectivity index (χ1) is 32.0. The summed E-state index contributed by atoms with van der Waals surface area (Å²) < 4.78 is 10.9. The number of ether oxygens (including phenoxy) is 2. The van der Waals surface area contributed by atoms with E-state index in [2.05, 4.69) is 41.7 Å². The van der Waals surface area contributed by atoms with Gasteiger partial charge in [-0.25, -0.2) is 0 Å². The first kappa shape index (κ1) is 51.6. The largest absolute Gasteiger partial charge is 0.494 e. The van der Waals surface area contributed by atoms with Crippen LogP contribution in [-0.4, -0.2) is 61.5 Å². The van der Waals surface area contributed by atoms with Crippen molar-refractivity contribution < 1.29 is 38.2 Å². The molecule has 5 rings (SSSR count). The number of halogens is 5. The zero-order chi connectivity index (χ0) is 48.9. The maximum Gasteiger partial charge on any atom is 0.258 e. The first-order valence-electron chi connectivity index (χ1n) is 19.9. The first-order valence-corrected chi connectivity index (χ1v) is 22.1. The Balaban J connectivity index is 1.29. The Labute approximate surface area is 409 Å². The predicted molar refractivity (Wildman–Crippen MR) is 260 cm³/mol. The maximum atomic E-state index is 13.5. The van der Waals surface area contributed by atoms with E-state index in [1.807, 2.05) is 0 Å². The van der Waals surface area contributed by atoms with Crippen LogP contribution in [0, 0.1) is 0 Å². The number of amides is 4. The molecule has 0 fully saturated rings. The topological polar surface area (TPSA) is 218 Å². The molecule has 348 valence electrons. The smallest absolute Gasteiger partial charge is 0.258 e. The monoisotopic (exact) mass is 1010 g/mol. The van der Waals surface area contributed by atoms with Crippen molar-refractivity contribution in [3.8, 4) is 11.5 Å². The summed E-state index contributed by atoms with van der Waals surface area (Å²) in [5, 5.41) is 25.8. The van der Waals surface area contributed by atoms with E-state index in [0.717, 1.165) is 13.8 Å². The van der Waals surface area contributed by atoms with Crippen LogP contribution < -0.4 is 30.7 Å². The van der Waals surface area contributed by atoms with Crippen LogP contribution in [0.3, 0.4) is 0 Å². The zero-order valence-corrected chi connectivity index (χ0v) is 40.0. The number of azo groups is 2. The number of carbonyl (C=O) groups excluding carboxylic acids is 6. The number of anilines is 4. The number of alkyl halides is 3. The molecule has 3 unspecified atom stereocenters. The highest BCUT2D eigenvalue weighted by molar-refractivity contribution is 6.37. The summed E-state index contributed by atoms with van der Waals surface area (Å²) in [5.74, 6) is -3.22. The van der Waals surface area contributed by atoms with Crippen LogP contribution in [0.15, 0.2) is 111 Å². The van der Waals surface area contributed by atoms with Crippen LogP contribution >= 0.6 is 58.0 Å². The van der Waals surface area contributed by atoms with Gasteiger partial charge in [-0.2, -0.15) is 20.5 Å². The van der Waals surface area contributed by atoms with E-state index in [1.165, 1.54) is 68.8 Å². The minimum Gasteiger partial charge on any atom is -0.494 e. The van der Waals surface area contributed by atoms with Gasteiger partial charge in [0.1, 0.15) is 22.9 Å². The van der Waals surface area contributed by atoms with E-state index >= 15 is 0 Å². The minimum atomic E-state index is -1.66. The van der Waals surface area contributed by atoms with Crippen molar-refractivity contribution in [1.82, 2.24) is 0 Å². The number of nitrogens with one attached hydrogen (secondary N) is 4. The number of Topliss-reactive ketones (excluding diaryl/α,β-unsaturated/α-hetero) is 2. The van der Waals surface area contributed by atoms with E-state index < -0.39 is 52.7 Å². The van der Waals surface area contributed by atoms with Crippen molar-refractivity contribution in [3.63, 3.8) is 0 Å². The fourth-order valence-corrected chi connectivity index (χ4v) is 7.46. The Morgan fingerprint density at radius 2 is 1.01 bits per heavy atom. The second kappa shape index (κ2) is 23.8. The van der Waals surface area contributed by atoms with Crippen molar-refractivity contribution in [3.05, 3.63) is 129 Å². The fourth-order valence-electron chi connectivity index (χ4n) is 6.35. The third-order valence-electron chi connectivity index (χ3n) is 9.67. The van der Waals surface area contributed by atoms with Crippen LogP contribution in [0.2, 0.25) is 10.0 Å². The number of hydrogen-bond donors (Lipinski definition) is 4. The molecule has 0 saturated carbocycles. The molecule has 67 heavy (non-hydrogen) atoms. The molecule has 0 heterocycles. The van der Waals surface area contributed by atoms with E-state index in [1.54, 1.807) is 43.3 Å². The molecule has 0 aromatic heterocycles. The van der Waals surface area contributed by atoms with Crippen LogP contribution in [-0.2, 0) is 30.9 Å². The summed E-state index contributed by atoms with van der Waals surface area (Å²) in [6.45, 7) is 3.90. The van der Waals surface area contributed by atoms with Gasteiger partial charge in [-0.3, -0.25) is 28.8 Å². The Hall–Kier alpha value is -6.43. The van der Waals surface area contributed by atoms with Crippen LogP contribution in [0.1, 0.15) is 63.6 Å². The molecule has 4 amide bonds. The van der Waals surface area contributed by atoms with Gasteiger partial charge in [-0.05, 0) is 80.9 Å². The lowest BCUT2D eigenvalue weighted by Crippen LogP contribution is -2.32. The molecule has 0 bridgehead atoms. The molecular weight excluding hydrogens is 970 g/mol. The molecule has 0 saturated heterocycles. The van der Waals surface area contributed by atoms with E-state index in [4.69, 9.17) is 67.5 Å². The predicted octanol–water partition coefficient (Wildman–Crippen LogP) is 11.7. The van der Waals surface area contributed by atoms with E-state index in [-0.39, 0.29) is 55.7 Å². The molecule has 5 aromatic rings. The number of rotatable bonds is 19. The molecule has 0 aliphatic rings. The lowest BCUT2D eigenvalue weighted by Gasteiger charge is -2.17. The molecule has 0 radical (unpaired) electrons. The quantitative estimate of drug-likeness (QED) is 0.0353. The summed E-state index contributed by atoms with van der Waals surface area (Å²) in [6.07, 6.45) is 0. The van der Waals surface area contributed by atoms with Crippen molar-refractivity contribution in [2.75, 3.05) is 35.5 Å². The molecule has 0 aliphatic heterocycles. The second-order valence-corrected chi connectivity index (χ2v) is 16.2. The van der Waals surface area contributed by atoms with Gasteiger partial charge in [-0.15, -0.1) is 34.8 Å². The van der Waals surface area contributed by atoms with Crippen molar-refractivity contribution in [2.24, 2.45) is 20.5 Å². The molecule has 5 aromatic carbocycles. The molecule has 16 nitrogen and oxygen atoms in total. The average molecular weight is 1010 g/mol. The third-order valence-corrected chi connectivity index (χ3v) is 11.3. The number of methoxy groups -OCH3 is 2. The highest BCUT2D eigenvalue weighted by Gasteiger charge is 2.27.